The lowest BCUT2D eigenvalue weighted by Gasteiger charge is -2.33. The Morgan fingerprint density at radius 2 is 1.79 bits per heavy atom. The lowest BCUT2D eigenvalue weighted by Crippen LogP contribution is -2.48. The molecular weight excluding hydrogens is 463 g/mol. The van der Waals surface area contributed by atoms with Gasteiger partial charge in [0.15, 0.2) is 5.58 Å². The second-order valence-electron chi connectivity index (χ2n) is 8.75. The molecule has 1 aromatic carbocycles. The number of nitrogens with zero attached hydrogens (tertiary/aromatic N) is 6. The Bertz CT molecular complexity index is 1330. The monoisotopic (exact) mass is 484 g/mol. The quantitative estimate of drug-likeness (QED) is 0.389. The van der Waals surface area contributed by atoms with Crippen LogP contribution in [0.3, 0.4) is 0 Å². The third-order valence-electron chi connectivity index (χ3n) is 5.77. The summed E-state index contributed by atoms with van der Waals surface area (Å²) < 4.78 is 24.2. The Kier molecular flexibility index (Phi) is 5.68. The molecule has 11 heteroatoms. The second kappa shape index (κ2) is 8.68. The Morgan fingerprint density at radius 3 is 2.50 bits per heavy atom. The molecule has 1 aliphatic rings. The number of fused-ring (bicyclic) bond motifs is 1. The molecule has 3 aromatic heterocycles. The van der Waals surface area contributed by atoms with Crippen LogP contribution in [0.5, 0.6) is 0 Å². The highest BCUT2D eigenvalue weighted by atomic mass is 35.5. The SMILES string of the molecule is CC(C)(CF)c1nc(-c2ccc(C(=O)N3CCN(c4nc5nc(Cl)ccc5o4)CC3)cc2)no1. The number of rotatable bonds is 5. The van der Waals surface area contributed by atoms with Crippen LogP contribution in [0.4, 0.5) is 10.4 Å². The number of benzene rings is 1. The van der Waals surface area contributed by atoms with Crippen LogP contribution in [0, 0.1) is 0 Å². The number of carbonyl (C=O) groups is 1. The molecule has 5 rings (SSSR count). The van der Waals surface area contributed by atoms with E-state index in [-0.39, 0.29) is 11.8 Å². The maximum absolute atomic E-state index is 13.2. The average Bonchev–Trinajstić information content (AvgIpc) is 3.52. The van der Waals surface area contributed by atoms with Gasteiger partial charge >= 0.3 is 0 Å². The second-order valence-corrected chi connectivity index (χ2v) is 9.14. The molecule has 1 aliphatic heterocycles. The summed E-state index contributed by atoms with van der Waals surface area (Å²) in [6.45, 7) is 5.01. The van der Waals surface area contributed by atoms with E-state index in [4.69, 9.17) is 20.5 Å². The maximum Gasteiger partial charge on any atom is 0.300 e. The molecule has 0 atom stereocenters. The van der Waals surface area contributed by atoms with Gasteiger partial charge in [0.1, 0.15) is 11.8 Å². The molecular formula is C23H22ClFN6O3. The molecule has 176 valence electrons. The van der Waals surface area contributed by atoms with Crippen LogP contribution in [-0.2, 0) is 5.41 Å². The number of halogens is 2. The number of oxazole rings is 1. The minimum Gasteiger partial charge on any atom is -0.422 e. The number of carbonyl (C=O) groups excluding carboxylic acids is 1. The van der Waals surface area contributed by atoms with E-state index in [9.17, 15) is 9.18 Å². The summed E-state index contributed by atoms with van der Waals surface area (Å²) >= 11 is 5.92. The molecule has 0 radical (unpaired) electrons. The first-order valence-corrected chi connectivity index (χ1v) is 11.2. The first-order valence-electron chi connectivity index (χ1n) is 10.8. The number of anilines is 1. The van der Waals surface area contributed by atoms with E-state index in [0.717, 1.165) is 0 Å². The summed E-state index contributed by atoms with van der Waals surface area (Å²) in [6.07, 6.45) is 0. The zero-order chi connectivity index (χ0) is 23.9. The molecule has 0 N–H and O–H groups in total. The van der Waals surface area contributed by atoms with Crippen molar-refractivity contribution in [3.05, 3.63) is 53.0 Å². The van der Waals surface area contributed by atoms with Crippen LogP contribution >= 0.6 is 11.6 Å². The van der Waals surface area contributed by atoms with E-state index in [1.54, 1.807) is 55.1 Å². The molecule has 1 fully saturated rings. The molecule has 0 aliphatic carbocycles. The van der Waals surface area contributed by atoms with E-state index in [0.29, 0.717) is 65.5 Å². The lowest BCUT2D eigenvalue weighted by atomic mass is 9.96. The number of pyridine rings is 1. The minimum atomic E-state index is -0.843. The summed E-state index contributed by atoms with van der Waals surface area (Å²) in [5, 5.41) is 4.30. The molecule has 0 unspecified atom stereocenters. The molecule has 1 amide bonds. The van der Waals surface area contributed by atoms with Crippen molar-refractivity contribution in [3.8, 4) is 11.4 Å². The van der Waals surface area contributed by atoms with Crippen molar-refractivity contribution in [1.29, 1.82) is 0 Å². The van der Waals surface area contributed by atoms with Crippen molar-refractivity contribution in [1.82, 2.24) is 25.0 Å². The van der Waals surface area contributed by atoms with Crippen molar-refractivity contribution < 1.29 is 18.1 Å². The molecule has 4 aromatic rings. The van der Waals surface area contributed by atoms with E-state index >= 15 is 0 Å². The zero-order valence-electron chi connectivity index (χ0n) is 18.7. The van der Waals surface area contributed by atoms with Crippen molar-refractivity contribution in [2.24, 2.45) is 0 Å². The van der Waals surface area contributed by atoms with Gasteiger partial charge in [0, 0.05) is 37.3 Å². The van der Waals surface area contributed by atoms with Crippen molar-refractivity contribution in [2.45, 2.75) is 19.3 Å². The number of amides is 1. The van der Waals surface area contributed by atoms with Crippen LogP contribution in [0.2, 0.25) is 5.15 Å². The molecule has 34 heavy (non-hydrogen) atoms. The average molecular weight is 485 g/mol. The minimum absolute atomic E-state index is 0.0652. The Morgan fingerprint density at radius 1 is 1.06 bits per heavy atom. The van der Waals surface area contributed by atoms with Gasteiger partial charge in [-0.25, -0.2) is 9.37 Å². The summed E-state index contributed by atoms with van der Waals surface area (Å²) in [5.74, 6) is 0.531. The van der Waals surface area contributed by atoms with Gasteiger partial charge in [0.25, 0.3) is 11.9 Å². The van der Waals surface area contributed by atoms with Gasteiger partial charge in [-0.2, -0.15) is 9.97 Å². The van der Waals surface area contributed by atoms with Crippen LogP contribution in [0.15, 0.2) is 45.3 Å². The summed E-state index contributed by atoms with van der Waals surface area (Å²) in [6, 6.07) is 10.9. The van der Waals surface area contributed by atoms with E-state index < -0.39 is 12.1 Å². The number of hydrogen-bond acceptors (Lipinski definition) is 8. The van der Waals surface area contributed by atoms with Crippen LogP contribution in [0.1, 0.15) is 30.1 Å². The number of alkyl halides is 1. The number of piperazine rings is 1. The summed E-state index contributed by atoms with van der Waals surface area (Å²) in [4.78, 5) is 29.6. The third kappa shape index (κ3) is 4.21. The van der Waals surface area contributed by atoms with Crippen LogP contribution < -0.4 is 4.90 Å². The van der Waals surface area contributed by atoms with Gasteiger partial charge in [-0.3, -0.25) is 4.79 Å². The first kappa shape index (κ1) is 22.3. The fourth-order valence-electron chi connectivity index (χ4n) is 3.64. The molecule has 1 saturated heterocycles. The van der Waals surface area contributed by atoms with Gasteiger partial charge in [-0.05, 0) is 38.1 Å². The van der Waals surface area contributed by atoms with Gasteiger partial charge in [-0.1, -0.05) is 28.9 Å². The smallest absolute Gasteiger partial charge is 0.300 e. The molecule has 0 bridgehead atoms. The summed E-state index contributed by atoms with van der Waals surface area (Å²) in [7, 11) is 0. The highest BCUT2D eigenvalue weighted by molar-refractivity contribution is 6.29. The normalized spacial score (nSPS) is 14.7. The highest BCUT2D eigenvalue weighted by Crippen LogP contribution is 2.26. The Labute approximate surface area is 199 Å². The predicted octanol–water partition coefficient (Wildman–Crippen LogP) is 4.14. The molecule has 0 saturated carbocycles. The third-order valence-corrected chi connectivity index (χ3v) is 5.99. The fraction of sp³-hybridized carbons (Fsp3) is 0.348. The predicted molar refractivity (Wildman–Crippen MR) is 124 cm³/mol. The Balaban J connectivity index is 1.23. The summed E-state index contributed by atoms with van der Waals surface area (Å²) in [5.41, 5.74) is 1.44. The number of aromatic nitrogens is 4. The van der Waals surface area contributed by atoms with Crippen LogP contribution in [-0.4, -0.2) is 63.8 Å². The standard InChI is InChI=1S/C23H22ClFN6O3/c1-23(2,13-25)21-27-18(29-34-21)14-3-5-15(6-4-14)20(32)30-9-11-31(12-10-30)22-28-19-16(33-22)7-8-17(24)26-19/h3-8H,9-13H2,1-2H3. The maximum atomic E-state index is 13.2. The topological polar surface area (TPSA) is 101 Å². The van der Waals surface area contributed by atoms with Gasteiger partial charge in [-0.15, -0.1) is 0 Å². The molecule has 0 spiro atoms. The van der Waals surface area contributed by atoms with Gasteiger partial charge < -0.3 is 18.7 Å². The van der Waals surface area contributed by atoms with E-state index in [1.165, 1.54) is 0 Å². The largest absolute Gasteiger partial charge is 0.422 e. The van der Waals surface area contributed by atoms with Crippen molar-refractivity contribution >= 4 is 34.8 Å². The number of hydrogen-bond donors (Lipinski definition) is 0. The van der Waals surface area contributed by atoms with E-state index in [1.807, 2.05) is 4.90 Å². The van der Waals surface area contributed by atoms with Crippen molar-refractivity contribution in [3.63, 3.8) is 0 Å². The van der Waals surface area contributed by atoms with Gasteiger partial charge in [0.05, 0.1) is 5.41 Å². The highest BCUT2D eigenvalue weighted by Gasteiger charge is 2.28. The fourth-order valence-corrected chi connectivity index (χ4v) is 3.78. The lowest BCUT2D eigenvalue weighted by molar-refractivity contribution is 0.0745. The molecule has 4 heterocycles. The molecule has 9 nitrogen and oxygen atoms in total. The zero-order valence-corrected chi connectivity index (χ0v) is 19.4. The first-order chi connectivity index (χ1) is 16.3. The van der Waals surface area contributed by atoms with Crippen molar-refractivity contribution in [2.75, 3.05) is 37.8 Å². The van der Waals surface area contributed by atoms with Crippen LogP contribution in [0.25, 0.3) is 22.6 Å². The van der Waals surface area contributed by atoms with E-state index in [2.05, 4.69) is 20.1 Å². The Hall–Kier alpha value is -3.53. The van der Waals surface area contributed by atoms with Gasteiger partial charge in [0.2, 0.25) is 17.4 Å².